The monoisotopic (exact) mass is 892 g/mol. The van der Waals surface area contributed by atoms with E-state index < -0.39 is 98.2 Å². The number of rotatable bonds is 7. The summed E-state index contributed by atoms with van der Waals surface area (Å²) in [5.74, 6) is -20.2. The van der Waals surface area contributed by atoms with Crippen molar-refractivity contribution in [3.63, 3.8) is 0 Å². The number of benzene rings is 4. The molecule has 318 valence electrons. The van der Waals surface area contributed by atoms with Crippen LogP contribution in [0.3, 0.4) is 0 Å². The second-order valence-electron chi connectivity index (χ2n) is 15.5. The van der Waals surface area contributed by atoms with Gasteiger partial charge in [-0.2, -0.15) is 0 Å². The second-order valence-corrected chi connectivity index (χ2v) is 16.8. The number of halogens is 7. The Balaban J connectivity index is 1.11. The zero-order chi connectivity index (χ0) is 44.2. The van der Waals surface area contributed by atoms with Crippen LogP contribution in [0.4, 0.5) is 33.3 Å². The molecule has 0 aromatic heterocycles. The molecule has 4 amide bonds. The van der Waals surface area contributed by atoms with Gasteiger partial charge in [-0.05, 0) is 78.4 Å². The van der Waals surface area contributed by atoms with E-state index in [1.165, 1.54) is 31.6 Å². The molecule has 17 heteroatoms. The Morgan fingerprint density at radius 2 is 1.48 bits per heavy atom. The number of methoxy groups -OCH3 is 2. The molecule has 0 radical (unpaired) electrons. The molecule has 62 heavy (non-hydrogen) atoms. The first-order valence-electron chi connectivity index (χ1n) is 19.1. The van der Waals surface area contributed by atoms with E-state index in [0.29, 0.717) is 28.4 Å². The van der Waals surface area contributed by atoms with E-state index in [1.807, 2.05) is 0 Å². The second kappa shape index (κ2) is 14.7. The van der Waals surface area contributed by atoms with Crippen molar-refractivity contribution in [1.82, 2.24) is 0 Å². The SMILES string of the molecule is COc1ccc(OC)c(C=Cc2ccc(N3C(=O)[C@H]4[C@H](CC=C5[C@H](C6=COc7ccc(O)cc7C6)[C@]6(Cl)C(=O)N(c7c(F)c(F)c(F)c(F)c7F)C(=O)[C@]6(Cl)C[C@H]54)C3=O)cc2)c1. The van der Waals surface area contributed by atoms with Gasteiger partial charge in [0.25, 0.3) is 11.8 Å². The fourth-order valence-corrected chi connectivity index (χ4v) is 10.5. The van der Waals surface area contributed by atoms with E-state index in [4.69, 9.17) is 37.4 Å². The number of carbonyl (C=O) groups excluding carboxylic acids is 4. The van der Waals surface area contributed by atoms with Crippen LogP contribution in [0.5, 0.6) is 23.0 Å². The number of carbonyl (C=O) groups is 4. The Kier molecular flexibility index (Phi) is 9.78. The van der Waals surface area contributed by atoms with Crippen molar-refractivity contribution in [2.24, 2.45) is 23.7 Å². The highest BCUT2D eigenvalue weighted by Gasteiger charge is 2.77. The Morgan fingerprint density at radius 3 is 2.16 bits per heavy atom. The van der Waals surface area contributed by atoms with Crippen molar-refractivity contribution in [3.05, 3.63) is 130 Å². The van der Waals surface area contributed by atoms with Gasteiger partial charge in [-0.3, -0.25) is 24.1 Å². The van der Waals surface area contributed by atoms with Crippen LogP contribution >= 0.6 is 23.2 Å². The first-order chi connectivity index (χ1) is 29.5. The molecule has 1 saturated carbocycles. The molecule has 9 rings (SSSR count). The fraction of sp³-hybridized carbons (Fsp3) is 0.244. The van der Waals surface area contributed by atoms with E-state index in [-0.39, 0.29) is 40.3 Å². The van der Waals surface area contributed by atoms with Crippen LogP contribution in [-0.2, 0) is 25.6 Å². The summed E-state index contributed by atoms with van der Waals surface area (Å²) in [6.45, 7) is 0. The Hall–Kier alpha value is -6.19. The lowest BCUT2D eigenvalue weighted by Gasteiger charge is -2.51. The molecule has 4 aromatic rings. The minimum absolute atomic E-state index is 0.0471. The summed E-state index contributed by atoms with van der Waals surface area (Å²) in [4.78, 5) is 53.4. The summed E-state index contributed by atoms with van der Waals surface area (Å²) in [6, 6.07) is 16.1. The largest absolute Gasteiger partial charge is 0.508 e. The number of amides is 4. The number of alkyl halides is 2. The molecule has 5 aliphatic rings. The number of hydrogen-bond donors (Lipinski definition) is 1. The highest BCUT2D eigenvalue weighted by molar-refractivity contribution is 6.58. The molecule has 2 saturated heterocycles. The van der Waals surface area contributed by atoms with Gasteiger partial charge in [-0.1, -0.05) is 35.9 Å². The summed E-state index contributed by atoms with van der Waals surface area (Å²) < 4.78 is 91.0. The van der Waals surface area contributed by atoms with Gasteiger partial charge in [0.15, 0.2) is 33.0 Å². The highest BCUT2D eigenvalue weighted by Crippen LogP contribution is 2.65. The van der Waals surface area contributed by atoms with Gasteiger partial charge in [0, 0.05) is 23.5 Å². The smallest absolute Gasteiger partial charge is 0.258 e. The van der Waals surface area contributed by atoms with Crippen LogP contribution in [0.15, 0.2) is 84.1 Å². The number of fused-ring (bicyclic) bond motifs is 5. The van der Waals surface area contributed by atoms with Crippen molar-refractivity contribution < 1.29 is 60.4 Å². The minimum Gasteiger partial charge on any atom is -0.508 e. The van der Waals surface area contributed by atoms with Gasteiger partial charge in [-0.15, -0.1) is 23.2 Å². The lowest BCUT2D eigenvalue weighted by molar-refractivity contribution is -0.125. The number of anilines is 2. The predicted octanol–water partition coefficient (Wildman–Crippen LogP) is 8.39. The van der Waals surface area contributed by atoms with Gasteiger partial charge in [0.2, 0.25) is 17.6 Å². The lowest BCUT2D eigenvalue weighted by atomic mass is 9.56. The molecule has 6 atom stereocenters. The molecule has 0 unspecified atom stereocenters. The van der Waals surface area contributed by atoms with E-state index in [0.717, 1.165) is 10.5 Å². The summed E-state index contributed by atoms with van der Waals surface area (Å²) in [5.41, 5.74) is 0.630. The number of phenols is 1. The van der Waals surface area contributed by atoms with Crippen LogP contribution in [0.1, 0.15) is 29.5 Å². The first kappa shape index (κ1) is 41.2. The molecule has 3 fully saturated rings. The average molecular weight is 894 g/mol. The van der Waals surface area contributed by atoms with Gasteiger partial charge < -0.3 is 19.3 Å². The molecule has 10 nitrogen and oxygen atoms in total. The average Bonchev–Trinajstić information content (AvgIpc) is 3.61. The Morgan fingerprint density at radius 1 is 0.790 bits per heavy atom. The lowest BCUT2D eigenvalue weighted by Crippen LogP contribution is -2.61. The quantitative estimate of drug-likeness (QED) is 0.0374. The first-order valence-corrected chi connectivity index (χ1v) is 19.8. The van der Waals surface area contributed by atoms with Gasteiger partial charge >= 0.3 is 0 Å². The number of imide groups is 2. The third-order valence-corrected chi connectivity index (χ3v) is 13.8. The summed E-state index contributed by atoms with van der Waals surface area (Å²) in [7, 11) is 3.08. The minimum atomic E-state index is -2.71. The van der Waals surface area contributed by atoms with Crippen LogP contribution in [-0.4, -0.2) is 52.7 Å². The fourth-order valence-electron chi connectivity index (χ4n) is 9.52. The molecule has 1 N–H and O–H groups in total. The summed E-state index contributed by atoms with van der Waals surface area (Å²) in [5, 5.41) is 10.3. The third kappa shape index (κ3) is 5.80. The van der Waals surface area contributed by atoms with Gasteiger partial charge in [-0.25, -0.2) is 26.9 Å². The van der Waals surface area contributed by atoms with E-state index >= 15 is 8.78 Å². The maximum absolute atomic E-state index is 15.4. The van der Waals surface area contributed by atoms with Crippen LogP contribution in [0, 0.1) is 52.8 Å². The maximum atomic E-state index is 15.4. The van der Waals surface area contributed by atoms with Crippen molar-refractivity contribution in [1.29, 1.82) is 0 Å². The van der Waals surface area contributed by atoms with Crippen molar-refractivity contribution >= 4 is 70.4 Å². The molecule has 2 aliphatic carbocycles. The van der Waals surface area contributed by atoms with Crippen molar-refractivity contribution in [2.45, 2.75) is 29.0 Å². The van der Waals surface area contributed by atoms with Crippen LogP contribution in [0.25, 0.3) is 12.2 Å². The summed E-state index contributed by atoms with van der Waals surface area (Å²) >= 11 is 14.5. The molecular weight excluding hydrogens is 862 g/mol. The van der Waals surface area contributed by atoms with Crippen LogP contribution < -0.4 is 24.0 Å². The number of nitrogens with zero attached hydrogens (tertiary/aromatic N) is 2. The number of allylic oxidation sites excluding steroid dienone is 3. The topological polar surface area (TPSA) is 123 Å². The zero-order valence-corrected chi connectivity index (χ0v) is 33.9. The Labute approximate surface area is 359 Å². The van der Waals surface area contributed by atoms with E-state index in [1.54, 1.807) is 67.8 Å². The summed E-state index contributed by atoms with van der Waals surface area (Å²) in [6.07, 6.45) is 5.63. The standard InChI is InChI=1S/C45H31Cl2F5N2O8/c1-60-26-10-14-30(61-2)21(17-26)6-3-20-4-7-24(8-5-20)53-40(56)28-12-11-27-29(32(28)41(53)57)18-44(46)42(58)54(39-37(51)35(49)34(48)36(50)38(39)52)43(59)45(44,47)33(27)23-15-22-16-25(55)9-13-31(22)62-19-23/h3-11,13-14,16-17,19,28-29,32-33,55H,12,15,18H2,1-2H3/t28-,29+,32-,33-,44+,45-/m0/s1. The number of phenolic OH excluding ortho intramolecular Hbond substituents is 1. The highest BCUT2D eigenvalue weighted by atomic mass is 35.5. The van der Waals surface area contributed by atoms with Crippen LogP contribution in [0.2, 0.25) is 0 Å². The van der Waals surface area contributed by atoms with Gasteiger partial charge in [0.05, 0.1) is 38.0 Å². The van der Waals surface area contributed by atoms with E-state index in [2.05, 4.69) is 0 Å². The van der Waals surface area contributed by atoms with E-state index in [9.17, 15) is 37.5 Å². The van der Waals surface area contributed by atoms with Gasteiger partial charge in [0.1, 0.15) is 28.7 Å². The third-order valence-electron chi connectivity index (χ3n) is 12.4. The van der Waals surface area contributed by atoms with Crippen molar-refractivity contribution in [2.75, 3.05) is 24.0 Å². The maximum Gasteiger partial charge on any atom is 0.258 e. The van der Waals surface area contributed by atoms with Crippen molar-refractivity contribution in [3.8, 4) is 23.0 Å². The predicted molar refractivity (Wildman–Crippen MR) is 215 cm³/mol. The molecule has 4 aromatic carbocycles. The Bertz CT molecular complexity index is 2730. The molecule has 0 spiro atoms. The molecule has 3 heterocycles. The normalized spacial score (nSPS) is 26.5. The molecule has 0 bridgehead atoms. The number of ether oxygens (including phenoxy) is 3. The molecular formula is C45H31Cl2F5N2O8. The molecule has 3 aliphatic heterocycles. The zero-order valence-electron chi connectivity index (χ0n) is 32.4. The number of hydrogen-bond acceptors (Lipinski definition) is 8. The number of aromatic hydroxyl groups is 1.